The van der Waals surface area contributed by atoms with Crippen LogP contribution in [0.1, 0.15) is 0 Å². The van der Waals surface area contributed by atoms with Crippen LogP contribution >= 0.6 is 0 Å². The molecular weight excluding hydrogens is 215 g/mol. The highest BCUT2D eigenvalue weighted by Gasteiger charge is 2.00. The van der Waals surface area contributed by atoms with Crippen LogP contribution in [0.25, 0.3) is 0 Å². The van der Waals surface area contributed by atoms with Gasteiger partial charge in [-0.3, -0.25) is 9.63 Å². The van der Waals surface area contributed by atoms with Crippen LogP contribution in [-0.4, -0.2) is 25.3 Å². The lowest BCUT2D eigenvalue weighted by atomic mass is 10.3. The van der Waals surface area contributed by atoms with Crippen LogP contribution in [0.15, 0.2) is 24.3 Å². The van der Waals surface area contributed by atoms with E-state index in [-0.39, 0.29) is 19.0 Å². The standard InChI is InChI=1S/C10H11FN2O3/c11-8-1-3-9(4-2-8)12-7-10(15)13-16-6-5-14/h1-5,12H,6-7H2,(H,13,15). The number of halogens is 1. The first kappa shape index (κ1) is 12.1. The molecule has 0 radical (unpaired) electrons. The third-order valence-corrected chi connectivity index (χ3v) is 1.63. The molecule has 0 aliphatic heterocycles. The summed E-state index contributed by atoms with van der Waals surface area (Å²) in [7, 11) is 0. The summed E-state index contributed by atoms with van der Waals surface area (Å²) in [6.45, 7) is -0.215. The topological polar surface area (TPSA) is 67.4 Å². The predicted octanol–water partition coefficient (Wildman–Crippen LogP) is 0.484. The fraction of sp³-hybridized carbons (Fsp3) is 0.200. The molecule has 0 fully saturated rings. The van der Waals surface area contributed by atoms with Crippen molar-refractivity contribution in [3.05, 3.63) is 30.1 Å². The fourth-order valence-electron chi connectivity index (χ4n) is 0.942. The van der Waals surface area contributed by atoms with Crippen LogP contribution in [0.5, 0.6) is 0 Å². The Balaban J connectivity index is 2.26. The lowest BCUT2D eigenvalue weighted by Crippen LogP contribution is -2.30. The van der Waals surface area contributed by atoms with Gasteiger partial charge in [0, 0.05) is 5.69 Å². The van der Waals surface area contributed by atoms with Crippen LogP contribution in [-0.2, 0) is 14.4 Å². The van der Waals surface area contributed by atoms with Crippen molar-refractivity contribution in [1.29, 1.82) is 0 Å². The van der Waals surface area contributed by atoms with E-state index in [0.717, 1.165) is 0 Å². The summed E-state index contributed by atoms with van der Waals surface area (Å²) in [5.41, 5.74) is 2.68. The van der Waals surface area contributed by atoms with Gasteiger partial charge >= 0.3 is 0 Å². The minimum absolute atomic E-state index is 0.0233. The van der Waals surface area contributed by atoms with Gasteiger partial charge < -0.3 is 10.1 Å². The molecule has 0 aliphatic rings. The molecule has 0 saturated carbocycles. The summed E-state index contributed by atoms with van der Waals surface area (Å²) in [5.74, 6) is -0.768. The molecule has 0 unspecified atom stereocenters. The largest absolute Gasteiger partial charge is 0.376 e. The molecule has 1 aromatic rings. The number of nitrogens with one attached hydrogen (secondary N) is 2. The highest BCUT2D eigenvalue weighted by Crippen LogP contribution is 2.07. The molecule has 6 heteroatoms. The van der Waals surface area contributed by atoms with E-state index in [1.807, 2.05) is 0 Å². The van der Waals surface area contributed by atoms with Gasteiger partial charge in [0.1, 0.15) is 18.7 Å². The van der Waals surface area contributed by atoms with Crippen molar-refractivity contribution in [2.75, 3.05) is 18.5 Å². The number of carbonyl (C=O) groups excluding carboxylic acids is 2. The normalized spacial score (nSPS) is 9.56. The van der Waals surface area contributed by atoms with Gasteiger partial charge in [0.2, 0.25) is 0 Å². The van der Waals surface area contributed by atoms with E-state index < -0.39 is 5.91 Å². The zero-order valence-corrected chi connectivity index (χ0v) is 8.40. The number of aldehydes is 1. The molecule has 1 aromatic carbocycles. The van der Waals surface area contributed by atoms with E-state index in [1.165, 1.54) is 24.3 Å². The third kappa shape index (κ3) is 4.52. The Bertz CT molecular complexity index is 354. The van der Waals surface area contributed by atoms with Crippen LogP contribution in [0.3, 0.4) is 0 Å². The summed E-state index contributed by atoms with van der Waals surface area (Å²) in [6, 6.07) is 5.58. The number of benzene rings is 1. The van der Waals surface area contributed by atoms with Gasteiger partial charge in [-0.15, -0.1) is 0 Å². The molecule has 16 heavy (non-hydrogen) atoms. The second kappa shape index (κ2) is 6.52. The number of rotatable bonds is 6. The molecule has 0 saturated heterocycles. The molecule has 0 atom stereocenters. The third-order valence-electron chi connectivity index (χ3n) is 1.63. The summed E-state index contributed by atoms with van der Waals surface area (Å²) in [4.78, 5) is 25.4. The molecule has 86 valence electrons. The Hall–Kier alpha value is -1.95. The quantitative estimate of drug-likeness (QED) is 0.420. The minimum Gasteiger partial charge on any atom is -0.376 e. The average molecular weight is 226 g/mol. The summed E-state index contributed by atoms with van der Waals surface area (Å²) in [6.07, 6.45) is 0.522. The first-order valence-electron chi connectivity index (χ1n) is 4.56. The molecule has 1 amide bonds. The Kier molecular flexibility index (Phi) is 4.94. The van der Waals surface area contributed by atoms with Gasteiger partial charge in [0.25, 0.3) is 5.91 Å². The monoisotopic (exact) mass is 226 g/mol. The Morgan fingerprint density at radius 2 is 2.06 bits per heavy atom. The number of hydrogen-bond acceptors (Lipinski definition) is 4. The smallest absolute Gasteiger partial charge is 0.262 e. The van der Waals surface area contributed by atoms with Crippen molar-refractivity contribution in [2.45, 2.75) is 0 Å². The van der Waals surface area contributed by atoms with E-state index in [4.69, 9.17) is 0 Å². The zero-order chi connectivity index (χ0) is 11.8. The molecule has 0 aliphatic carbocycles. The average Bonchev–Trinajstić information content (AvgIpc) is 2.29. The number of amides is 1. The highest BCUT2D eigenvalue weighted by atomic mass is 19.1. The van der Waals surface area contributed by atoms with Gasteiger partial charge in [-0.1, -0.05) is 0 Å². The van der Waals surface area contributed by atoms with E-state index in [1.54, 1.807) is 0 Å². The maximum atomic E-state index is 12.5. The number of carbonyl (C=O) groups is 2. The van der Waals surface area contributed by atoms with Crippen molar-refractivity contribution >= 4 is 17.9 Å². The minimum atomic E-state index is -0.425. The highest BCUT2D eigenvalue weighted by molar-refractivity contribution is 5.79. The molecule has 0 heterocycles. The van der Waals surface area contributed by atoms with E-state index >= 15 is 0 Å². The Morgan fingerprint density at radius 1 is 1.38 bits per heavy atom. The van der Waals surface area contributed by atoms with Crippen molar-refractivity contribution in [3.8, 4) is 0 Å². The van der Waals surface area contributed by atoms with Crippen molar-refractivity contribution in [2.24, 2.45) is 0 Å². The van der Waals surface area contributed by atoms with E-state index in [2.05, 4.69) is 15.6 Å². The van der Waals surface area contributed by atoms with E-state index in [0.29, 0.717) is 12.0 Å². The van der Waals surface area contributed by atoms with Crippen molar-refractivity contribution in [1.82, 2.24) is 5.48 Å². The molecule has 2 N–H and O–H groups in total. The summed E-state index contributed by atoms with van der Waals surface area (Å²) < 4.78 is 12.5. The maximum Gasteiger partial charge on any atom is 0.262 e. The van der Waals surface area contributed by atoms with Crippen molar-refractivity contribution < 1.29 is 18.8 Å². The van der Waals surface area contributed by atoms with Gasteiger partial charge in [-0.05, 0) is 24.3 Å². The molecular formula is C10H11FN2O3. The number of hydrogen-bond donors (Lipinski definition) is 2. The Labute approximate surface area is 91.5 Å². The molecule has 0 aromatic heterocycles. The second-order valence-electron chi connectivity index (χ2n) is 2.86. The van der Waals surface area contributed by atoms with Crippen LogP contribution in [0, 0.1) is 5.82 Å². The SMILES string of the molecule is O=CCONC(=O)CNc1ccc(F)cc1. The van der Waals surface area contributed by atoms with Gasteiger partial charge in [0.15, 0.2) is 0 Å². The number of anilines is 1. The lowest BCUT2D eigenvalue weighted by molar-refractivity contribution is -0.133. The van der Waals surface area contributed by atoms with Crippen LogP contribution < -0.4 is 10.8 Å². The summed E-state index contributed by atoms with van der Waals surface area (Å²) in [5, 5.41) is 2.75. The lowest BCUT2D eigenvalue weighted by Gasteiger charge is -2.06. The van der Waals surface area contributed by atoms with Crippen LogP contribution in [0.4, 0.5) is 10.1 Å². The summed E-state index contributed by atoms with van der Waals surface area (Å²) >= 11 is 0. The fourth-order valence-corrected chi connectivity index (χ4v) is 0.942. The maximum absolute atomic E-state index is 12.5. The second-order valence-corrected chi connectivity index (χ2v) is 2.86. The van der Waals surface area contributed by atoms with Gasteiger partial charge in [-0.2, -0.15) is 0 Å². The zero-order valence-electron chi connectivity index (χ0n) is 8.40. The van der Waals surface area contributed by atoms with Gasteiger partial charge in [0.05, 0.1) is 6.54 Å². The van der Waals surface area contributed by atoms with Crippen LogP contribution in [0.2, 0.25) is 0 Å². The van der Waals surface area contributed by atoms with Gasteiger partial charge in [-0.25, -0.2) is 9.87 Å². The molecule has 0 spiro atoms. The molecule has 0 bridgehead atoms. The Morgan fingerprint density at radius 3 is 2.69 bits per heavy atom. The first-order valence-corrected chi connectivity index (χ1v) is 4.56. The van der Waals surface area contributed by atoms with E-state index in [9.17, 15) is 14.0 Å². The predicted molar refractivity (Wildman–Crippen MR) is 55.0 cm³/mol. The molecule has 5 nitrogen and oxygen atoms in total. The molecule has 1 rings (SSSR count). The number of hydroxylamine groups is 1. The van der Waals surface area contributed by atoms with Crippen molar-refractivity contribution in [3.63, 3.8) is 0 Å². The first-order chi connectivity index (χ1) is 7.72.